The molecule has 0 bridgehead atoms. The lowest BCUT2D eigenvalue weighted by atomic mass is 10.1. The van der Waals surface area contributed by atoms with Crippen molar-refractivity contribution in [3.8, 4) is 0 Å². The van der Waals surface area contributed by atoms with Crippen LogP contribution in [-0.4, -0.2) is 41.3 Å². The molecule has 2 amide bonds. The minimum Gasteiger partial charge on any atom is -0.480 e. The maximum absolute atomic E-state index is 12.1. The summed E-state index contributed by atoms with van der Waals surface area (Å²) in [5.41, 5.74) is -0.373. The van der Waals surface area contributed by atoms with Crippen LogP contribution in [0.25, 0.3) is 0 Å². The van der Waals surface area contributed by atoms with E-state index in [0.29, 0.717) is 5.57 Å². The summed E-state index contributed by atoms with van der Waals surface area (Å²) in [7, 11) is 0. The standard InChI is InChI=1S/C17H22N2O5/c1-17(2,3)24-16(23)19-13(15(21)22)11-18-14(20)12-9-7-5-4-6-8-10-12/h4-10,13H,11H2,1-3H3,(H,18,20)(H,19,23)(H,21,22)/b5-4-,6-4?,7-5?,8-6-,9-7-,10-8?,12-9?,12-10+. The number of carbonyl (C=O) groups is 3. The Kier molecular flexibility index (Phi) is 6.98. The van der Waals surface area contributed by atoms with E-state index in [2.05, 4.69) is 10.6 Å². The molecule has 0 saturated carbocycles. The van der Waals surface area contributed by atoms with E-state index < -0.39 is 29.6 Å². The molecule has 1 rings (SSSR count). The van der Waals surface area contributed by atoms with Crippen LogP contribution in [0.1, 0.15) is 20.8 Å². The van der Waals surface area contributed by atoms with Crippen LogP contribution in [0.15, 0.2) is 48.1 Å². The van der Waals surface area contributed by atoms with E-state index in [1.807, 2.05) is 6.08 Å². The summed E-state index contributed by atoms with van der Waals surface area (Å²) < 4.78 is 5.01. The highest BCUT2D eigenvalue weighted by Crippen LogP contribution is 2.07. The van der Waals surface area contributed by atoms with Crippen molar-refractivity contribution >= 4 is 18.0 Å². The normalized spacial score (nSPS) is 21.0. The summed E-state index contributed by atoms with van der Waals surface area (Å²) in [6.45, 7) is 4.73. The van der Waals surface area contributed by atoms with Gasteiger partial charge in [0.2, 0.25) is 0 Å². The summed E-state index contributed by atoms with van der Waals surface area (Å²) in [4.78, 5) is 35.0. The number of hydrogen-bond donors (Lipinski definition) is 3. The van der Waals surface area contributed by atoms with Gasteiger partial charge in [-0.1, -0.05) is 30.4 Å². The highest BCUT2D eigenvalue weighted by atomic mass is 16.6. The molecule has 1 aliphatic carbocycles. The lowest BCUT2D eigenvalue weighted by molar-refractivity contribution is -0.139. The van der Waals surface area contributed by atoms with E-state index in [1.54, 1.807) is 57.2 Å². The second kappa shape index (κ2) is 8.71. The minimum atomic E-state index is -1.29. The van der Waals surface area contributed by atoms with Gasteiger partial charge in [-0.05, 0) is 32.9 Å². The Morgan fingerprint density at radius 1 is 1.12 bits per heavy atom. The van der Waals surface area contributed by atoms with Crippen molar-refractivity contribution < 1.29 is 24.2 Å². The molecule has 0 spiro atoms. The highest BCUT2D eigenvalue weighted by molar-refractivity contribution is 5.97. The molecule has 0 fully saturated rings. The molecule has 0 radical (unpaired) electrons. The van der Waals surface area contributed by atoms with Crippen molar-refractivity contribution in [1.29, 1.82) is 0 Å². The van der Waals surface area contributed by atoms with Crippen molar-refractivity contribution in [3.63, 3.8) is 0 Å². The third-order valence-corrected chi connectivity index (χ3v) is 2.71. The number of aliphatic carboxylic acids is 1. The summed E-state index contributed by atoms with van der Waals surface area (Å²) in [5.74, 6) is -1.71. The zero-order chi connectivity index (χ0) is 18.2. The van der Waals surface area contributed by atoms with Crippen LogP contribution >= 0.6 is 0 Å². The number of hydrogen-bond acceptors (Lipinski definition) is 4. The first-order valence-electron chi connectivity index (χ1n) is 7.41. The number of allylic oxidation sites excluding steroid dienone is 6. The molecule has 7 heteroatoms. The van der Waals surface area contributed by atoms with Gasteiger partial charge in [0.15, 0.2) is 0 Å². The number of rotatable bonds is 5. The van der Waals surface area contributed by atoms with E-state index >= 15 is 0 Å². The first-order chi connectivity index (χ1) is 11.2. The van der Waals surface area contributed by atoms with Crippen LogP contribution in [0.4, 0.5) is 4.79 Å². The Labute approximate surface area is 140 Å². The molecular weight excluding hydrogens is 312 g/mol. The summed E-state index contributed by atoms with van der Waals surface area (Å²) in [6.07, 6.45) is 11.1. The average Bonchev–Trinajstić information content (AvgIpc) is 2.40. The first-order valence-corrected chi connectivity index (χ1v) is 7.41. The quantitative estimate of drug-likeness (QED) is 0.709. The zero-order valence-electron chi connectivity index (χ0n) is 13.9. The number of carboxylic acids is 1. The number of nitrogens with one attached hydrogen (secondary N) is 2. The maximum atomic E-state index is 12.1. The van der Waals surface area contributed by atoms with Gasteiger partial charge in [-0.15, -0.1) is 0 Å². The van der Waals surface area contributed by atoms with Crippen LogP contribution in [-0.2, 0) is 14.3 Å². The molecule has 24 heavy (non-hydrogen) atoms. The van der Waals surface area contributed by atoms with Gasteiger partial charge < -0.3 is 20.5 Å². The molecule has 3 N–H and O–H groups in total. The highest BCUT2D eigenvalue weighted by Gasteiger charge is 2.24. The van der Waals surface area contributed by atoms with Crippen molar-refractivity contribution in [2.75, 3.05) is 6.54 Å². The molecule has 7 nitrogen and oxygen atoms in total. The zero-order valence-corrected chi connectivity index (χ0v) is 13.9. The SMILES string of the molecule is CC(C)(C)OC(=O)NC(CNC(=O)C1=C/C=C\C=C/C=C\1)C(=O)O. The van der Waals surface area contributed by atoms with E-state index in [0.717, 1.165) is 0 Å². The fourth-order valence-electron chi connectivity index (χ4n) is 1.66. The van der Waals surface area contributed by atoms with Gasteiger partial charge >= 0.3 is 12.1 Å². The largest absolute Gasteiger partial charge is 0.480 e. The van der Waals surface area contributed by atoms with Gasteiger partial charge in [-0.25, -0.2) is 9.59 Å². The van der Waals surface area contributed by atoms with Crippen LogP contribution < -0.4 is 10.6 Å². The smallest absolute Gasteiger partial charge is 0.408 e. The molecule has 130 valence electrons. The van der Waals surface area contributed by atoms with Crippen molar-refractivity contribution in [3.05, 3.63) is 48.1 Å². The molecular formula is C17H22N2O5. The topological polar surface area (TPSA) is 105 Å². The Hall–Kier alpha value is -2.83. The molecule has 0 aliphatic heterocycles. The predicted molar refractivity (Wildman–Crippen MR) is 89.3 cm³/mol. The molecule has 1 aliphatic rings. The van der Waals surface area contributed by atoms with Crippen LogP contribution in [0, 0.1) is 0 Å². The number of amides is 2. The van der Waals surface area contributed by atoms with Gasteiger partial charge in [0, 0.05) is 12.1 Å². The summed E-state index contributed by atoms with van der Waals surface area (Å²) in [5, 5.41) is 13.9. The third-order valence-electron chi connectivity index (χ3n) is 2.71. The lowest BCUT2D eigenvalue weighted by Gasteiger charge is -2.22. The predicted octanol–water partition coefficient (Wildman–Crippen LogP) is 1.69. The minimum absolute atomic E-state index is 0.266. The molecule has 0 aromatic heterocycles. The second-order valence-electron chi connectivity index (χ2n) is 6.00. The molecule has 0 heterocycles. The fourth-order valence-corrected chi connectivity index (χ4v) is 1.66. The molecule has 0 aromatic rings. The molecule has 0 saturated heterocycles. The summed E-state index contributed by atoms with van der Waals surface area (Å²) >= 11 is 0. The fraction of sp³-hybridized carbons (Fsp3) is 0.353. The van der Waals surface area contributed by atoms with Gasteiger partial charge in [0.1, 0.15) is 11.6 Å². The average molecular weight is 334 g/mol. The first kappa shape index (κ1) is 19.2. The van der Waals surface area contributed by atoms with E-state index in [4.69, 9.17) is 9.84 Å². The Morgan fingerprint density at radius 2 is 1.75 bits per heavy atom. The van der Waals surface area contributed by atoms with Crippen molar-refractivity contribution in [1.82, 2.24) is 10.6 Å². The maximum Gasteiger partial charge on any atom is 0.408 e. The van der Waals surface area contributed by atoms with Gasteiger partial charge in [0.05, 0.1) is 0 Å². The van der Waals surface area contributed by atoms with E-state index in [1.165, 1.54) is 0 Å². The Bertz CT molecular complexity index is 609. The van der Waals surface area contributed by atoms with Gasteiger partial charge in [-0.2, -0.15) is 0 Å². The van der Waals surface area contributed by atoms with Crippen LogP contribution in [0.2, 0.25) is 0 Å². The molecule has 1 unspecified atom stereocenters. The molecule has 0 aromatic carbocycles. The third kappa shape index (κ3) is 7.44. The number of carboxylic acid groups (broad SMARTS) is 1. The van der Waals surface area contributed by atoms with Crippen molar-refractivity contribution in [2.24, 2.45) is 0 Å². The van der Waals surface area contributed by atoms with Gasteiger partial charge in [0.25, 0.3) is 5.91 Å². The number of ether oxygens (including phenoxy) is 1. The monoisotopic (exact) mass is 334 g/mol. The summed E-state index contributed by atoms with van der Waals surface area (Å²) in [6, 6.07) is -1.29. The second-order valence-corrected chi connectivity index (χ2v) is 6.00. The molecule has 1 atom stereocenters. The van der Waals surface area contributed by atoms with Crippen LogP contribution in [0.5, 0.6) is 0 Å². The van der Waals surface area contributed by atoms with E-state index in [-0.39, 0.29) is 6.54 Å². The van der Waals surface area contributed by atoms with Gasteiger partial charge in [-0.3, -0.25) is 4.79 Å². The number of carbonyl (C=O) groups excluding carboxylic acids is 2. The lowest BCUT2D eigenvalue weighted by Crippen LogP contribution is -2.49. The number of alkyl carbamates (subject to hydrolysis) is 1. The Morgan fingerprint density at radius 3 is 2.38 bits per heavy atom. The van der Waals surface area contributed by atoms with E-state index in [9.17, 15) is 14.4 Å². The van der Waals surface area contributed by atoms with Crippen LogP contribution in [0.3, 0.4) is 0 Å². The van der Waals surface area contributed by atoms with Crippen molar-refractivity contribution in [2.45, 2.75) is 32.4 Å². The Balaban J connectivity index is 2.61.